The van der Waals surface area contributed by atoms with E-state index in [-0.39, 0.29) is 11.6 Å². The van der Waals surface area contributed by atoms with Crippen molar-refractivity contribution in [2.75, 3.05) is 6.54 Å². The largest absolute Gasteiger partial charge is 0.447 e. The Morgan fingerprint density at radius 3 is 2.89 bits per heavy atom. The molecule has 2 aromatic heterocycles. The third-order valence-corrected chi connectivity index (χ3v) is 4.42. The summed E-state index contributed by atoms with van der Waals surface area (Å²) in [7, 11) is -3.61. The maximum atomic E-state index is 12.0. The molecule has 0 saturated carbocycles. The Kier molecular flexibility index (Phi) is 4.70. The number of nitrogens with zero attached hydrogens (tertiary/aromatic N) is 1. The third kappa shape index (κ3) is 3.87. The van der Waals surface area contributed by atoms with Gasteiger partial charge in [0.15, 0.2) is 0 Å². The Balaban J connectivity index is 2.00. The number of sulfonamides is 1. The molecule has 0 atom stereocenters. The van der Waals surface area contributed by atoms with Crippen molar-refractivity contribution in [1.82, 2.24) is 15.0 Å². The lowest BCUT2D eigenvalue weighted by molar-refractivity contribution is 0.401. The molecule has 0 fully saturated rings. The summed E-state index contributed by atoms with van der Waals surface area (Å²) in [5.41, 5.74) is 1.66. The SMILES string of the molecule is CCNCc1ccc(S(=O)(=O)NCc2cncs2)o1. The molecule has 0 unspecified atom stereocenters. The summed E-state index contributed by atoms with van der Waals surface area (Å²) in [4.78, 5) is 4.74. The Morgan fingerprint density at radius 1 is 1.37 bits per heavy atom. The monoisotopic (exact) mass is 301 g/mol. The summed E-state index contributed by atoms with van der Waals surface area (Å²) < 4.78 is 31.7. The Labute approximate surface area is 115 Å². The minimum atomic E-state index is -3.61. The van der Waals surface area contributed by atoms with Crippen LogP contribution in [0.1, 0.15) is 17.6 Å². The molecule has 0 saturated heterocycles. The smallest absolute Gasteiger partial charge is 0.274 e. The van der Waals surface area contributed by atoms with Crippen LogP contribution in [0.15, 0.2) is 33.3 Å². The zero-order valence-electron chi connectivity index (χ0n) is 10.4. The second kappa shape index (κ2) is 6.29. The first-order chi connectivity index (χ1) is 9.12. The molecule has 0 aromatic carbocycles. The average Bonchev–Trinajstić information content (AvgIpc) is 3.05. The molecule has 19 heavy (non-hydrogen) atoms. The van der Waals surface area contributed by atoms with Crippen molar-refractivity contribution in [3.8, 4) is 0 Å². The molecule has 104 valence electrons. The fourth-order valence-corrected chi connectivity index (χ4v) is 2.99. The molecule has 2 heterocycles. The van der Waals surface area contributed by atoms with Crippen LogP contribution in [0.2, 0.25) is 0 Å². The van der Waals surface area contributed by atoms with E-state index in [0.29, 0.717) is 12.3 Å². The Hall–Kier alpha value is -1.22. The molecule has 2 rings (SSSR count). The van der Waals surface area contributed by atoms with E-state index in [4.69, 9.17) is 4.42 Å². The average molecular weight is 301 g/mol. The van der Waals surface area contributed by atoms with Crippen LogP contribution in [-0.2, 0) is 23.1 Å². The summed E-state index contributed by atoms with van der Waals surface area (Å²) in [5.74, 6) is 0.597. The predicted molar refractivity (Wildman–Crippen MR) is 72.2 cm³/mol. The van der Waals surface area contributed by atoms with Gasteiger partial charge in [0.2, 0.25) is 5.09 Å². The van der Waals surface area contributed by atoms with Crippen LogP contribution < -0.4 is 10.0 Å². The van der Waals surface area contributed by atoms with Crippen LogP contribution in [0, 0.1) is 0 Å². The number of nitrogens with one attached hydrogen (secondary N) is 2. The summed E-state index contributed by atoms with van der Waals surface area (Å²) >= 11 is 1.40. The van der Waals surface area contributed by atoms with Gasteiger partial charge in [-0.25, -0.2) is 13.1 Å². The van der Waals surface area contributed by atoms with Crippen LogP contribution in [0.25, 0.3) is 0 Å². The van der Waals surface area contributed by atoms with E-state index in [1.165, 1.54) is 17.4 Å². The summed E-state index contributed by atoms with van der Waals surface area (Å²) in [6.45, 7) is 3.50. The van der Waals surface area contributed by atoms with Crippen molar-refractivity contribution in [2.45, 2.75) is 25.1 Å². The van der Waals surface area contributed by atoms with Gasteiger partial charge in [0, 0.05) is 17.6 Å². The standard InChI is InChI=1S/C11H15N3O3S2/c1-2-12-5-9-3-4-11(17-9)19(15,16)14-7-10-6-13-8-18-10/h3-4,6,8,12,14H,2,5,7H2,1H3. The zero-order valence-corrected chi connectivity index (χ0v) is 12.1. The highest BCUT2D eigenvalue weighted by Gasteiger charge is 2.18. The van der Waals surface area contributed by atoms with Crippen LogP contribution >= 0.6 is 11.3 Å². The molecule has 0 aliphatic rings. The molecule has 0 radical (unpaired) electrons. The Morgan fingerprint density at radius 2 is 2.21 bits per heavy atom. The summed E-state index contributed by atoms with van der Waals surface area (Å²) in [6, 6.07) is 3.12. The topological polar surface area (TPSA) is 84.2 Å². The van der Waals surface area contributed by atoms with E-state index in [2.05, 4.69) is 15.0 Å². The maximum absolute atomic E-state index is 12.0. The number of furan rings is 1. The lowest BCUT2D eigenvalue weighted by Crippen LogP contribution is -2.22. The van der Waals surface area contributed by atoms with Crippen molar-refractivity contribution in [3.63, 3.8) is 0 Å². The molecule has 0 aliphatic heterocycles. The molecule has 2 aromatic rings. The minimum Gasteiger partial charge on any atom is -0.447 e. The van der Waals surface area contributed by atoms with Crippen LogP contribution in [0.3, 0.4) is 0 Å². The van der Waals surface area contributed by atoms with Crippen molar-refractivity contribution in [1.29, 1.82) is 0 Å². The minimum absolute atomic E-state index is 0.0649. The van der Waals surface area contributed by atoms with Gasteiger partial charge in [-0.3, -0.25) is 4.98 Å². The van der Waals surface area contributed by atoms with E-state index in [9.17, 15) is 8.42 Å². The van der Waals surface area contributed by atoms with Crippen molar-refractivity contribution in [2.24, 2.45) is 0 Å². The molecule has 0 amide bonds. The quantitative estimate of drug-likeness (QED) is 0.806. The van der Waals surface area contributed by atoms with Gasteiger partial charge in [0.05, 0.1) is 12.1 Å². The van der Waals surface area contributed by atoms with E-state index >= 15 is 0 Å². The second-order valence-corrected chi connectivity index (χ2v) is 6.46. The van der Waals surface area contributed by atoms with Gasteiger partial charge < -0.3 is 9.73 Å². The van der Waals surface area contributed by atoms with Gasteiger partial charge >= 0.3 is 0 Å². The Bertz CT molecular complexity index is 605. The predicted octanol–water partition coefficient (Wildman–Crippen LogP) is 1.32. The van der Waals surface area contributed by atoms with E-state index < -0.39 is 10.0 Å². The first kappa shape index (κ1) is 14.2. The second-order valence-electron chi connectivity index (χ2n) is 3.79. The molecule has 0 spiro atoms. The normalized spacial score (nSPS) is 11.8. The summed E-state index contributed by atoms with van der Waals surface area (Å²) in [5, 5.41) is 3.00. The number of aromatic nitrogens is 1. The molecule has 8 heteroatoms. The number of hydrogen-bond acceptors (Lipinski definition) is 6. The van der Waals surface area contributed by atoms with Crippen molar-refractivity contribution in [3.05, 3.63) is 34.5 Å². The highest BCUT2D eigenvalue weighted by Crippen LogP contribution is 2.14. The van der Waals surface area contributed by atoms with Crippen LogP contribution in [0.5, 0.6) is 0 Å². The van der Waals surface area contributed by atoms with Gasteiger partial charge in [-0.05, 0) is 18.7 Å². The van der Waals surface area contributed by atoms with Gasteiger partial charge in [-0.15, -0.1) is 11.3 Å². The van der Waals surface area contributed by atoms with Gasteiger partial charge in [0.1, 0.15) is 5.76 Å². The molecule has 0 bridgehead atoms. The lowest BCUT2D eigenvalue weighted by Gasteiger charge is -2.02. The highest BCUT2D eigenvalue weighted by molar-refractivity contribution is 7.89. The fourth-order valence-electron chi connectivity index (χ4n) is 1.41. The van der Waals surface area contributed by atoms with Crippen molar-refractivity contribution >= 4 is 21.4 Å². The van der Waals surface area contributed by atoms with Crippen molar-refractivity contribution < 1.29 is 12.8 Å². The first-order valence-electron chi connectivity index (χ1n) is 5.78. The van der Waals surface area contributed by atoms with Gasteiger partial charge in [0.25, 0.3) is 10.0 Å². The maximum Gasteiger partial charge on any atom is 0.274 e. The molecule has 6 nitrogen and oxygen atoms in total. The van der Waals surface area contributed by atoms with E-state index in [0.717, 1.165) is 11.4 Å². The van der Waals surface area contributed by atoms with Crippen LogP contribution in [-0.4, -0.2) is 19.9 Å². The van der Waals surface area contributed by atoms with E-state index in [1.807, 2.05) is 6.92 Å². The first-order valence-corrected chi connectivity index (χ1v) is 8.14. The van der Waals surface area contributed by atoms with Gasteiger partial charge in [-0.2, -0.15) is 0 Å². The lowest BCUT2D eigenvalue weighted by atomic mass is 10.4. The fraction of sp³-hybridized carbons (Fsp3) is 0.364. The number of thiazole rings is 1. The van der Waals surface area contributed by atoms with Crippen LogP contribution in [0.4, 0.5) is 0 Å². The number of rotatable bonds is 7. The molecule has 0 aliphatic carbocycles. The third-order valence-electron chi connectivity index (χ3n) is 2.37. The molecule has 2 N–H and O–H groups in total. The number of hydrogen-bond donors (Lipinski definition) is 2. The highest BCUT2D eigenvalue weighted by atomic mass is 32.2. The van der Waals surface area contributed by atoms with Gasteiger partial charge in [-0.1, -0.05) is 6.92 Å². The zero-order chi connectivity index (χ0) is 13.7. The molecular weight excluding hydrogens is 286 g/mol. The molecular formula is C11H15N3O3S2. The van der Waals surface area contributed by atoms with E-state index in [1.54, 1.807) is 17.8 Å². The summed E-state index contributed by atoms with van der Waals surface area (Å²) in [6.07, 6.45) is 1.63.